The molecule has 0 radical (unpaired) electrons. The van der Waals surface area contributed by atoms with Crippen LogP contribution >= 0.6 is 0 Å². The van der Waals surface area contributed by atoms with Crippen molar-refractivity contribution in [1.82, 2.24) is 0 Å². The monoisotopic (exact) mass is 226 g/mol. The minimum atomic E-state index is -1.87. The van der Waals surface area contributed by atoms with Crippen molar-refractivity contribution in [2.24, 2.45) is 0 Å². The Morgan fingerprint density at radius 2 is 2.00 bits per heavy atom. The zero-order chi connectivity index (χ0) is 12.3. The first-order valence-electron chi connectivity index (χ1n) is 4.76. The Morgan fingerprint density at radius 1 is 1.38 bits per heavy atom. The third-order valence-corrected chi connectivity index (χ3v) is 2.44. The molecule has 2 atom stereocenters. The zero-order valence-electron chi connectivity index (χ0n) is 8.79. The SMILES string of the molecule is Cc1ccc(C(O)C(O)C(=O)O)cc1CO. The van der Waals surface area contributed by atoms with Gasteiger partial charge in [0.2, 0.25) is 0 Å². The van der Waals surface area contributed by atoms with E-state index in [0.717, 1.165) is 5.56 Å². The molecule has 88 valence electrons. The van der Waals surface area contributed by atoms with Gasteiger partial charge in [-0.05, 0) is 23.6 Å². The van der Waals surface area contributed by atoms with E-state index < -0.39 is 18.2 Å². The molecular formula is C11H14O5. The van der Waals surface area contributed by atoms with Gasteiger partial charge in [-0.15, -0.1) is 0 Å². The van der Waals surface area contributed by atoms with Crippen molar-refractivity contribution in [2.75, 3.05) is 0 Å². The molecule has 1 aromatic carbocycles. The van der Waals surface area contributed by atoms with Crippen molar-refractivity contribution in [3.63, 3.8) is 0 Å². The third kappa shape index (κ3) is 2.57. The molecule has 0 saturated heterocycles. The minimum absolute atomic E-state index is 0.199. The maximum Gasteiger partial charge on any atom is 0.335 e. The first-order valence-corrected chi connectivity index (χ1v) is 4.76. The molecular weight excluding hydrogens is 212 g/mol. The molecule has 0 bridgehead atoms. The van der Waals surface area contributed by atoms with Gasteiger partial charge in [-0.25, -0.2) is 4.79 Å². The van der Waals surface area contributed by atoms with Crippen LogP contribution in [0.3, 0.4) is 0 Å². The summed E-state index contributed by atoms with van der Waals surface area (Å²) < 4.78 is 0. The van der Waals surface area contributed by atoms with E-state index in [0.29, 0.717) is 5.56 Å². The number of aliphatic hydroxyl groups excluding tert-OH is 3. The lowest BCUT2D eigenvalue weighted by molar-refractivity contribution is -0.153. The van der Waals surface area contributed by atoms with Gasteiger partial charge >= 0.3 is 5.97 Å². The summed E-state index contributed by atoms with van der Waals surface area (Å²) in [6.07, 6.45) is -3.36. The highest BCUT2D eigenvalue weighted by molar-refractivity contribution is 5.73. The maximum absolute atomic E-state index is 10.5. The minimum Gasteiger partial charge on any atom is -0.479 e. The van der Waals surface area contributed by atoms with E-state index >= 15 is 0 Å². The molecule has 0 amide bonds. The van der Waals surface area contributed by atoms with E-state index in [1.807, 2.05) is 0 Å². The lowest BCUT2D eigenvalue weighted by Gasteiger charge is -2.15. The Morgan fingerprint density at radius 3 is 2.50 bits per heavy atom. The molecule has 0 aliphatic heterocycles. The van der Waals surface area contributed by atoms with Crippen LogP contribution in [-0.4, -0.2) is 32.5 Å². The molecule has 0 aliphatic rings. The van der Waals surface area contributed by atoms with Crippen LogP contribution < -0.4 is 0 Å². The van der Waals surface area contributed by atoms with Gasteiger partial charge in [-0.2, -0.15) is 0 Å². The van der Waals surface area contributed by atoms with Crippen molar-refractivity contribution in [2.45, 2.75) is 25.7 Å². The van der Waals surface area contributed by atoms with Gasteiger partial charge in [0.15, 0.2) is 6.10 Å². The van der Waals surface area contributed by atoms with Gasteiger partial charge in [-0.1, -0.05) is 18.2 Å². The number of carboxylic acid groups (broad SMARTS) is 1. The fourth-order valence-corrected chi connectivity index (χ4v) is 1.36. The Bertz CT molecular complexity index is 388. The molecule has 0 saturated carbocycles. The van der Waals surface area contributed by atoms with Crippen LogP contribution in [-0.2, 0) is 11.4 Å². The summed E-state index contributed by atoms with van der Waals surface area (Å²) in [6, 6.07) is 4.65. The first kappa shape index (κ1) is 12.6. The van der Waals surface area contributed by atoms with E-state index in [9.17, 15) is 9.90 Å². The van der Waals surface area contributed by atoms with E-state index in [4.69, 9.17) is 15.3 Å². The fourth-order valence-electron chi connectivity index (χ4n) is 1.36. The molecule has 0 fully saturated rings. The van der Waals surface area contributed by atoms with Crippen LogP contribution in [0, 0.1) is 6.92 Å². The molecule has 1 aromatic rings. The van der Waals surface area contributed by atoms with Gasteiger partial charge in [-0.3, -0.25) is 0 Å². The van der Waals surface area contributed by atoms with Gasteiger partial charge < -0.3 is 20.4 Å². The summed E-state index contributed by atoms with van der Waals surface area (Å²) in [5, 5.41) is 36.3. The highest BCUT2D eigenvalue weighted by Crippen LogP contribution is 2.20. The first-order chi connectivity index (χ1) is 7.47. The summed E-state index contributed by atoms with van der Waals surface area (Å²) in [6.45, 7) is 1.59. The van der Waals surface area contributed by atoms with Crippen LogP contribution in [0.1, 0.15) is 22.8 Å². The van der Waals surface area contributed by atoms with Crippen molar-refractivity contribution < 1.29 is 25.2 Å². The average molecular weight is 226 g/mol. The van der Waals surface area contributed by atoms with Crippen LogP contribution in [0.5, 0.6) is 0 Å². The summed E-state index contributed by atoms with van der Waals surface area (Å²) >= 11 is 0. The summed E-state index contributed by atoms with van der Waals surface area (Å²) in [5.41, 5.74) is 1.70. The number of carbonyl (C=O) groups is 1. The number of hydrogen-bond donors (Lipinski definition) is 4. The predicted molar refractivity (Wildman–Crippen MR) is 55.7 cm³/mol. The normalized spacial score (nSPS) is 14.5. The number of carboxylic acids is 1. The molecule has 0 spiro atoms. The van der Waals surface area contributed by atoms with Crippen LogP contribution in [0.4, 0.5) is 0 Å². The topological polar surface area (TPSA) is 98.0 Å². The smallest absolute Gasteiger partial charge is 0.335 e. The molecule has 5 heteroatoms. The van der Waals surface area contributed by atoms with Crippen molar-refractivity contribution >= 4 is 5.97 Å². The highest BCUT2D eigenvalue weighted by atomic mass is 16.4. The second-order valence-corrected chi connectivity index (χ2v) is 3.57. The van der Waals surface area contributed by atoms with Crippen molar-refractivity contribution in [3.8, 4) is 0 Å². The van der Waals surface area contributed by atoms with Gasteiger partial charge in [0.1, 0.15) is 6.10 Å². The fraction of sp³-hybridized carbons (Fsp3) is 0.364. The number of aryl methyl sites for hydroxylation is 1. The van der Waals surface area contributed by atoms with Crippen molar-refractivity contribution in [3.05, 3.63) is 34.9 Å². The molecule has 0 aromatic heterocycles. The van der Waals surface area contributed by atoms with E-state index in [1.165, 1.54) is 12.1 Å². The lowest BCUT2D eigenvalue weighted by atomic mass is 9.99. The number of hydrogen-bond acceptors (Lipinski definition) is 4. The molecule has 0 aliphatic carbocycles. The molecule has 4 N–H and O–H groups in total. The number of aliphatic hydroxyl groups is 3. The molecule has 2 unspecified atom stereocenters. The molecule has 5 nitrogen and oxygen atoms in total. The molecule has 0 heterocycles. The van der Waals surface area contributed by atoms with Crippen LogP contribution in [0.25, 0.3) is 0 Å². The largest absolute Gasteiger partial charge is 0.479 e. The van der Waals surface area contributed by atoms with E-state index in [-0.39, 0.29) is 12.2 Å². The average Bonchev–Trinajstić information content (AvgIpc) is 2.27. The standard InChI is InChI=1S/C11H14O5/c1-6-2-3-7(4-8(6)5-12)9(13)10(14)11(15)16/h2-4,9-10,12-14H,5H2,1H3,(H,15,16). The Labute approximate surface area is 92.6 Å². The van der Waals surface area contributed by atoms with Gasteiger partial charge in [0, 0.05) is 0 Å². The summed E-state index contributed by atoms with van der Waals surface area (Å²) in [5.74, 6) is -1.49. The summed E-state index contributed by atoms with van der Waals surface area (Å²) in [4.78, 5) is 10.5. The van der Waals surface area contributed by atoms with Gasteiger partial charge in [0.25, 0.3) is 0 Å². The maximum atomic E-state index is 10.5. The second kappa shape index (κ2) is 5.07. The lowest BCUT2D eigenvalue weighted by Crippen LogP contribution is -2.27. The number of benzene rings is 1. The molecule has 1 rings (SSSR count). The highest BCUT2D eigenvalue weighted by Gasteiger charge is 2.25. The van der Waals surface area contributed by atoms with E-state index in [2.05, 4.69) is 0 Å². The third-order valence-electron chi connectivity index (χ3n) is 2.44. The Kier molecular flexibility index (Phi) is 4.00. The predicted octanol–water partition coefficient (Wildman–Crippen LogP) is -0.0338. The Hall–Kier alpha value is -1.43. The second-order valence-electron chi connectivity index (χ2n) is 3.57. The van der Waals surface area contributed by atoms with Crippen LogP contribution in [0.15, 0.2) is 18.2 Å². The number of rotatable bonds is 4. The van der Waals surface area contributed by atoms with Crippen LogP contribution in [0.2, 0.25) is 0 Å². The van der Waals surface area contributed by atoms with Gasteiger partial charge in [0.05, 0.1) is 6.61 Å². The summed E-state index contributed by atoms with van der Waals surface area (Å²) in [7, 11) is 0. The molecule has 16 heavy (non-hydrogen) atoms. The Balaban J connectivity index is 3.00. The zero-order valence-corrected chi connectivity index (χ0v) is 8.79. The van der Waals surface area contributed by atoms with Crippen molar-refractivity contribution in [1.29, 1.82) is 0 Å². The number of aliphatic carboxylic acids is 1. The van der Waals surface area contributed by atoms with E-state index in [1.54, 1.807) is 13.0 Å². The quantitative estimate of drug-likeness (QED) is 0.577.